The minimum atomic E-state index is -0.953. The number of nitrogens with two attached hydrogens (primary N) is 1. The highest BCUT2D eigenvalue weighted by Crippen LogP contribution is 2.21. The number of hydrogen-bond acceptors (Lipinski definition) is 2. The zero-order valence-electron chi connectivity index (χ0n) is 10.0. The van der Waals surface area contributed by atoms with Gasteiger partial charge in [-0.1, -0.05) is 24.3 Å². The fourth-order valence-corrected chi connectivity index (χ4v) is 1.89. The van der Waals surface area contributed by atoms with Gasteiger partial charge in [-0.25, -0.2) is 13.2 Å². The van der Waals surface area contributed by atoms with Crippen LogP contribution in [0.4, 0.5) is 13.2 Å². The average molecular weight is 266 g/mol. The Bertz CT molecular complexity index is 572. The molecule has 3 N–H and O–H groups in total. The lowest BCUT2D eigenvalue weighted by Crippen LogP contribution is -2.30. The molecule has 0 aromatic heterocycles. The van der Waals surface area contributed by atoms with Crippen molar-refractivity contribution in [2.24, 2.45) is 5.84 Å². The molecule has 2 aromatic carbocycles. The van der Waals surface area contributed by atoms with Crippen LogP contribution in [0.1, 0.15) is 17.2 Å². The molecule has 2 nitrogen and oxygen atoms in total. The number of hydrazine groups is 1. The molecule has 0 aliphatic carbocycles. The molecule has 0 heterocycles. The molecule has 1 atom stereocenters. The van der Waals surface area contributed by atoms with E-state index in [-0.39, 0.29) is 12.2 Å². The van der Waals surface area contributed by atoms with Crippen LogP contribution in [0.3, 0.4) is 0 Å². The third-order valence-electron chi connectivity index (χ3n) is 2.93. The van der Waals surface area contributed by atoms with Crippen molar-refractivity contribution in [3.8, 4) is 0 Å². The van der Waals surface area contributed by atoms with Gasteiger partial charge in [0.2, 0.25) is 0 Å². The Kier molecular flexibility index (Phi) is 4.19. The summed E-state index contributed by atoms with van der Waals surface area (Å²) in [6.45, 7) is 0. The van der Waals surface area contributed by atoms with E-state index in [4.69, 9.17) is 5.84 Å². The number of benzene rings is 2. The van der Waals surface area contributed by atoms with Crippen LogP contribution < -0.4 is 11.3 Å². The van der Waals surface area contributed by atoms with Gasteiger partial charge in [-0.2, -0.15) is 0 Å². The first-order chi connectivity index (χ1) is 9.11. The smallest absolute Gasteiger partial charge is 0.159 e. The molecule has 1 unspecified atom stereocenters. The van der Waals surface area contributed by atoms with Gasteiger partial charge in [0.1, 0.15) is 5.82 Å². The van der Waals surface area contributed by atoms with E-state index in [0.717, 1.165) is 12.1 Å². The lowest BCUT2D eigenvalue weighted by atomic mass is 9.99. The molecule has 19 heavy (non-hydrogen) atoms. The lowest BCUT2D eigenvalue weighted by Gasteiger charge is -2.17. The summed E-state index contributed by atoms with van der Waals surface area (Å²) in [7, 11) is 0. The largest absolute Gasteiger partial charge is 0.271 e. The van der Waals surface area contributed by atoms with E-state index in [1.807, 2.05) is 0 Å². The summed E-state index contributed by atoms with van der Waals surface area (Å²) in [5.74, 6) is 3.17. The number of hydrogen-bond donors (Lipinski definition) is 2. The van der Waals surface area contributed by atoms with Crippen molar-refractivity contribution in [3.63, 3.8) is 0 Å². The maximum absolute atomic E-state index is 13.5. The van der Waals surface area contributed by atoms with Gasteiger partial charge in [0.15, 0.2) is 11.6 Å². The normalized spacial score (nSPS) is 12.4. The number of rotatable bonds is 4. The van der Waals surface area contributed by atoms with Crippen LogP contribution in [0.5, 0.6) is 0 Å². The van der Waals surface area contributed by atoms with E-state index in [9.17, 15) is 13.2 Å². The predicted octanol–water partition coefficient (Wildman–Crippen LogP) is 2.85. The van der Waals surface area contributed by atoms with E-state index in [2.05, 4.69) is 5.43 Å². The maximum atomic E-state index is 13.5. The monoisotopic (exact) mass is 266 g/mol. The predicted molar refractivity (Wildman–Crippen MR) is 66.5 cm³/mol. The highest BCUT2D eigenvalue weighted by Gasteiger charge is 2.14. The Morgan fingerprint density at radius 1 is 0.947 bits per heavy atom. The average Bonchev–Trinajstić information content (AvgIpc) is 2.41. The van der Waals surface area contributed by atoms with Crippen LogP contribution in [0.2, 0.25) is 0 Å². The Morgan fingerprint density at radius 3 is 2.32 bits per heavy atom. The molecule has 0 fully saturated rings. The first-order valence-electron chi connectivity index (χ1n) is 5.76. The van der Waals surface area contributed by atoms with Crippen LogP contribution >= 0.6 is 0 Å². The third-order valence-corrected chi connectivity index (χ3v) is 2.93. The summed E-state index contributed by atoms with van der Waals surface area (Å²) in [6, 6.07) is 9.26. The molecular formula is C14H13F3N2. The minimum Gasteiger partial charge on any atom is -0.271 e. The van der Waals surface area contributed by atoms with Gasteiger partial charge in [-0.05, 0) is 35.7 Å². The lowest BCUT2D eigenvalue weighted by molar-refractivity contribution is 0.494. The molecule has 0 saturated carbocycles. The van der Waals surface area contributed by atoms with Gasteiger partial charge < -0.3 is 0 Å². The molecule has 0 bridgehead atoms. The Labute approximate surface area is 109 Å². The third kappa shape index (κ3) is 3.13. The Balaban J connectivity index is 2.25. The summed E-state index contributed by atoms with van der Waals surface area (Å²) in [5.41, 5.74) is 3.40. The Hall–Kier alpha value is -1.85. The second-order valence-corrected chi connectivity index (χ2v) is 4.19. The molecule has 2 aromatic rings. The second-order valence-electron chi connectivity index (χ2n) is 4.19. The second kappa shape index (κ2) is 5.86. The number of nitrogens with one attached hydrogen (secondary N) is 1. The summed E-state index contributed by atoms with van der Waals surface area (Å²) < 4.78 is 39.6. The topological polar surface area (TPSA) is 38.0 Å². The molecule has 0 amide bonds. The minimum absolute atomic E-state index is 0.244. The van der Waals surface area contributed by atoms with Crippen molar-refractivity contribution in [1.82, 2.24) is 5.43 Å². The highest BCUT2D eigenvalue weighted by molar-refractivity contribution is 5.25. The van der Waals surface area contributed by atoms with E-state index in [1.54, 1.807) is 18.2 Å². The summed E-state index contributed by atoms with van der Waals surface area (Å²) in [4.78, 5) is 0. The van der Waals surface area contributed by atoms with Crippen molar-refractivity contribution in [2.75, 3.05) is 0 Å². The SMILES string of the molecule is NNC(Cc1ccccc1F)c1ccc(F)c(F)c1. The summed E-state index contributed by atoms with van der Waals surface area (Å²) in [6.07, 6.45) is 0.244. The number of halogens is 3. The van der Waals surface area contributed by atoms with Crippen LogP contribution in [0, 0.1) is 17.5 Å². The molecule has 100 valence electrons. The first-order valence-corrected chi connectivity index (χ1v) is 5.76. The van der Waals surface area contributed by atoms with Crippen molar-refractivity contribution < 1.29 is 13.2 Å². The van der Waals surface area contributed by atoms with Crippen molar-refractivity contribution >= 4 is 0 Å². The molecular weight excluding hydrogens is 253 g/mol. The molecule has 0 spiro atoms. The Morgan fingerprint density at radius 2 is 1.68 bits per heavy atom. The molecule has 0 saturated heterocycles. The van der Waals surface area contributed by atoms with Crippen molar-refractivity contribution in [2.45, 2.75) is 12.5 Å². The molecule has 0 aliphatic heterocycles. The van der Waals surface area contributed by atoms with E-state index in [0.29, 0.717) is 11.1 Å². The molecule has 0 radical (unpaired) electrons. The van der Waals surface area contributed by atoms with Crippen LogP contribution in [-0.4, -0.2) is 0 Å². The van der Waals surface area contributed by atoms with E-state index < -0.39 is 17.7 Å². The van der Waals surface area contributed by atoms with Gasteiger partial charge in [-0.3, -0.25) is 11.3 Å². The summed E-state index contributed by atoms with van der Waals surface area (Å²) >= 11 is 0. The van der Waals surface area contributed by atoms with Crippen LogP contribution in [0.25, 0.3) is 0 Å². The van der Waals surface area contributed by atoms with E-state index in [1.165, 1.54) is 12.1 Å². The van der Waals surface area contributed by atoms with Gasteiger partial charge in [0.05, 0.1) is 6.04 Å². The van der Waals surface area contributed by atoms with Crippen molar-refractivity contribution in [1.29, 1.82) is 0 Å². The van der Waals surface area contributed by atoms with Gasteiger partial charge >= 0.3 is 0 Å². The first kappa shape index (κ1) is 13.6. The van der Waals surface area contributed by atoms with Gasteiger partial charge in [0.25, 0.3) is 0 Å². The maximum Gasteiger partial charge on any atom is 0.159 e. The fourth-order valence-electron chi connectivity index (χ4n) is 1.89. The highest BCUT2D eigenvalue weighted by atomic mass is 19.2. The van der Waals surface area contributed by atoms with Gasteiger partial charge in [-0.15, -0.1) is 0 Å². The fraction of sp³-hybridized carbons (Fsp3) is 0.143. The van der Waals surface area contributed by atoms with Crippen LogP contribution in [0.15, 0.2) is 42.5 Å². The zero-order chi connectivity index (χ0) is 13.8. The molecule has 2 rings (SSSR count). The molecule has 0 aliphatic rings. The van der Waals surface area contributed by atoms with E-state index >= 15 is 0 Å². The van der Waals surface area contributed by atoms with Gasteiger partial charge in [0, 0.05) is 0 Å². The standard InChI is InChI=1S/C14H13F3N2/c15-11-4-2-1-3-9(11)8-14(19-18)10-5-6-12(16)13(17)7-10/h1-7,14,19H,8,18H2. The van der Waals surface area contributed by atoms with Crippen molar-refractivity contribution in [3.05, 3.63) is 71.0 Å². The molecule has 5 heteroatoms. The summed E-state index contributed by atoms with van der Waals surface area (Å²) in [5, 5.41) is 0. The zero-order valence-corrected chi connectivity index (χ0v) is 10.0. The van der Waals surface area contributed by atoms with Crippen LogP contribution in [-0.2, 0) is 6.42 Å². The quantitative estimate of drug-likeness (QED) is 0.659.